The van der Waals surface area contributed by atoms with Crippen molar-refractivity contribution in [1.29, 1.82) is 5.26 Å². The summed E-state index contributed by atoms with van der Waals surface area (Å²) in [5.41, 5.74) is -0.657. The number of nitrogens with zero attached hydrogens (tertiary/aromatic N) is 5. The standard InChI is InChI=1S/C17H12F3N7/c1-22-13-8-15(25-14-7-10(9-21)5-6-23-14)27-16(26-13)11-3-2-4-12(24-11)17(18,19)20/h2-8H,1H3,(H2,22,23,25,26,27). The molecule has 0 atom stereocenters. The summed E-state index contributed by atoms with van der Waals surface area (Å²) in [6.45, 7) is 0. The van der Waals surface area contributed by atoms with Crippen LogP contribution in [0.5, 0.6) is 0 Å². The second-order valence-electron chi connectivity index (χ2n) is 5.28. The minimum Gasteiger partial charge on any atom is -0.373 e. The zero-order valence-electron chi connectivity index (χ0n) is 13.9. The van der Waals surface area contributed by atoms with E-state index in [4.69, 9.17) is 5.26 Å². The number of halogens is 3. The molecular formula is C17H12F3N7. The first-order chi connectivity index (χ1) is 12.9. The largest absolute Gasteiger partial charge is 0.433 e. The molecule has 136 valence electrons. The van der Waals surface area contributed by atoms with Crippen LogP contribution in [0, 0.1) is 11.3 Å². The van der Waals surface area contributed by atoms with Crippen LogP contribution >= 0.6 is 0 Å². The van der Waals surface area contributed by atoms with Crippen molar-refractivity contribution in [2.45, 2.75) is 6.18 Å². The van der Waals surface area contributed by atoms with E-state index in [1.54, 1.807) is 19.2 Å². The Morgan fingerprint density at radius 2 is 1.78 bits per heavy atom. The lowest BCUT2D eigenvalue weighted by molar-refractivity contribution is -0.141. The van der Waals surface area contributed by atoms with Crippen molar-refractivity contribution >= 4 is 17.5 Å². The van der Waals surface area contributed by atoms with Gasteiger partial charge < -0.3 is 10.6 Å². The van der Waals surface area contributed by atoms with E-state index in [0.29, 0.717) is 17.2 Å². The average Bonchev–Trinajstić information content (AvgIpc) is 2.67. The van der Waals surface area contributed by atoms with E-state index in [0.717, 1.165) is 6.07 Å². The quantitative estimate of drug-likeness (QED) is 0.723. The molecule has 3 rings (SSSR count). The summed E-state index contributed by atoms with van der Waals surface area (Å²) in [5, 5.41) is 14.7. The summed E-state index contributed by atoms with van der Waals surface area (Å²) in [7, 11) is 1.62. The highest BCUT2D eigenvalue weighted by Crippen LogP contribution is 2.29. The Balaban J connectivity index is 2.00. The van der Waals surface area contributed by atoms with Gasteiger partial charge in [-0.05, 0) is 24.3 Å². The highest BCUT2D eigenvalue weighted by Gasteiger charge is 2.32. The number of anilines is 3. The van der Waals surface area contributed by atoms with Gasteiger partial charge in [0.2, 0.25) is 0 Å². The summed E-state index contributed by atoms with van der Waals surface area (Å²) in [5.74, 6) is 1.02. The minimum absolute atomic E-state index is 0.00638. The second-order valence-corrected chi connectivity index (χ2v) is 5.28. The van der Waals surface area contributed by atoms with Gasteiger partial charge in [0.25, 0.3) is 0 Å². The molecule has 0 bridgehead atoms. The third-order valence-electron chi connectivity index (χ3n) is 3.40. The molecule has 3 heterocycles. The summed E-state index contributed by atoms with van der Waals surface area (Å²) in [4.78, 5) is 16.0. The Hall–Kier alpha value is -3.74. The molecule has 2 N–H and O–H groups in total. The number of hydrogen-bond donors (Lipinski definition) is 2. The highest BCUT2D eigenvalue weighted by molar-refractivity contribution is 5.62. The molecule has 0 spiro atoms. The van der Waals surface area contributed by atoms with Crippen molar-refractivity contribution < 1.29 is 13.2 Å². The molecule has 3 aromatic heterocycles. The maximum atomic E-state index is 12.9. The van der Waals surface area contributed by atoms with Gasteiger partial charge in [-0.15, -0.1) is 0 Å². The molecule has 10 heteroatoms. The molecule has 27 heavy (non-hydrogen) atoms. The minimum atomic E-state index is -4.57. The van der Waals surface area contributed by atoms with Crippen LogP contribution in [0.1, 0.15) is 11.3 Å². The van der Waals surface area contributed by atoms with Crippen LogP contribution in [0.3, 0.4) is 0 Å². The molecule has 0 amide bonds. The number of aromatic nitrogens is 4. The first-order valence-corrected chi connectivity index (χ1v) is 7.63. The van der Waals surface area contributed by atoms with Crippen LogP contribution in [-0.4, -0.2) is 27.0 Å². The Morgan fingerprint density at radius 3 is 2.48 bits per heavy atom. The normalized spacial score (nSPS) is 10.9. The summed E-state index contributed by atoms with van der Waals surface area (Å²) < 4.78 is 38.7. The third-order valence-corrected chi connectivity index (χ3v) is 3.40. The molecule has 0 aliphatic rings. The summed E-state index contributed by atoms with van der Waals surface area (Å²) in [6.07, 6.45) is -3.12. The number of alkyl halides is 3. The first-order valence-electron chi connectivity index (χ1n) is 7.63. The van der Waals surface area contributed by atoms with E-state index in [2.05, 4.69) is 30.6 Å². The average molecular weight is 371 g/mol. The van der Waals surface area contributed by atoms with Gasteiger partial charge in [-0.3, -0.25) is 0 Å². The van der Waals surface area contributed by atoms with Gasteiger partial charge in [0.05, 0.1) is 11.6 Å². The molecule has 0 aliphatic heterocycles. The van der Waals surface area contributed by atoms with Crippen LogP contribution in [0.2, 0.25) is 0 Å². The van der Waals surface area contributed by atoms with Crippen LogP contribution < -0.4 is 10.6 Å². The Morgan fingerprint density at radius 1 is 1.00 bits per heavy atom. The Bertz CT molecular complexity index is 1010. The molecular weight excluding hydrogens is 359 g/mol. The molecule has 7 nitrogen and oxygen atoms in total. The predicted molar refractivity (Wildman–Crippen MR) is 92.0 cm³/mol. The van der Waals surface area contributed by atoms with Gasteiger partial charge in [-0.25, -0.2) is 19.9 Å². The smallest absolute Gasteiger partial charge is 0.373 e. The lowest BCUT2D eigenvalue weighted by Gasteiger charge is -2.11. The van der Waals surface area contributed by atoms with Crippen molar-refractivity contribution in [2.24, 2.45) is 0 Å². The lowest BCUT2D eigenvalue weighted by atomic mass is 10.2. The number of hydrogen-bond acceptors (Lipinski definition) is 7. The predicted octanol–water partition coefficient (Wildman–Crippen LogP) is 3.61. The number of nitriles is 1. The van der Waals surface area contributed by atoms with Gasteiger partial charge >= 0.3 is 6.18 Å². The van der Waals surface area contributed by atoms with Gasteiger partial charge in [0.15, 0.2) is 5.82 Å². The van der Waals surface area contributed by atoms with Crippen molar-refractivity contribution in [2.75, 3.05) is 17.7 Å². The summed E-state index contributed by atoms with van der Waals surface area (Å²) >= 11 is 0. The monoisotopic (exact) mass is 371 g/mol. The van der Waals surface area contributed by atoms with Crippen molar-refractivity contribution in [1.82, 2.24) is 19.9 Å². The van der Waals surface area contributed by atoms with Gasteiger partial charge in [-0.1, -0.05) is 6.07 Å². The lowest BCUT2D eigenvalue weighted by Crippen LogP contribution is -2.09. The fourth-order valence-electron chi connectivity index (χ4n) is 2.17. The van der Waals surface area contributed by atoms with Gasteiger partial charge in [0.1, 0.15) is 28.8 Å². The highest BCUT2D eigenvalue weighted by atomic mass is 19.4. The number of pyridine rings is 2. The van der Waals surface area contributed by atoms with E-state index in [9.17, 15) is 13.2 Å². The van der Waals surface area contributed by atoms with Crippen LogP contribution in [0.4, 0.5) is 30.6 Å². The van der Waals surface area contributed by atoms with E-state index >= 15 is 0 Å². The molecule has 0 fully saturated rings. The van der Waals surface area contributed by atoms with E-state index < -0.39 is 11.9 Å². The SMILES string of the molecule is CNc1cc(Nc2cc(C#N)ccn2)nc(-c2cccc(C(F)(F)F)n2)n1. The maximum absolute atomic E-state index is 12.9. The zero-order chi connectivity index (χ0) is 19.4. The van der Waals surface area contributed by atoms with E-state index in [1.165, 1.54) is 24.4 Å². The first kappa shape index (κ1) is 18.1. The summed E-state index contributed by atoms with van der Waals surface area (Å²) in [6, 6.07) is 10.1. The molecule has 0 saturated carbocycles. The molecule has 0 saturated heterocycles. The second kappa shape index (κ2) is 7.25. The Labute approximate surface area is 152 Å². The topological polar surface area (TPSA) is 99.4 Å². The van der Waals surface area contributed by atoms with Crippen molar-refractivity contribution in [3.8, 4) is 17.6 Å². The van der Waals surface area contributed by atoms with Gasteiger partial charge in [-0.2, -0.15) is 18.4 Å². The van der Waals surface area contributed by atoms with Crippen LogP contribution in [0.15, 0.2) is 42.6 Å². The van der Waals surface area contributed by atoms with Crippen LogP contribution in [-0.2, 0) is 6.18 Å². The zero-order valence-corrected chi connectivity index (χ0v) is 13.9. The van der Waals surface area contributed by atoms with Crippen molar-refractivity contribution in [3.05, 3.63) is 53.9 Å². The number of rotatable bonds is 4. The Kier molecular flexibility index (Phi) is 4.85. The van der Waals surface area contributed by atoms with E-state index in [1.807, 2.05) is 6.07 Å². The molecule has 0 unspecified atom stereocenters. The van der Waals surface area contributed by atoms with Crippen molar-refractivity contribution in [3.63, 3.8) is 0 Å². The van der Waals surface area contributed by atoms with Gasteiger partial charge in [0, 0.05) is 19.3 Å². The third kappa shape index (κ3) is 4.27. The molecule has 3 aromatic rings. The fraction of sp³-hybridized carbons (Fsp3) is 0.118. The van der Waals surface area contributed by atoms with E-state index in [-0.39, 0.29) is 17.3 Å². The molecule has 0 aliphatic carbocycles. The molecule has 0 aromatic carbocycles. The number of nitrogens with one attached hydrogen (secondary N) is 2. The van der Waals surface area contributed by atoms with Crippen LogP contribution in [0.25, 0.3) is 11.5 Å². The molecule has 0 radical (unpaired) electrons. The fourth-order valence-corrected chi connectivity index (χ4v) is 2.17. The maximum Gasteiger partial charge on any atom is 0.433 e.